The molecule has 8 heteroatoms. The van der Waals surface area contributed by atoms with Gasteiger partial charge in [0, 0.05) is 11.3 Å². The molecule has 0 radical (unpaired) electrons. The van der Waals surface area contributed by atoms with E-state index in [0.717, 1.165) is 34.9 Å². The summed E-state index contributed by atoms with van der Waals surface area (Å²) in [5, 5.41) is 8.63. The molecule has 2 aliphatic rings. The number of nitrogens with one attached hydrogen (secondary N) is 2. The van der Waals surface area contributed by atoms with Crippen molar-refractivity contribution in [2.45, 2.75) is 84.7 Å². The number of hydrogen-bond acceptors (Lipinski definition) is 5. The fraction of sp³-hybridized carbons (Fsp3) is 0.727. The second kappa shape index (κ2) is 8.65. The van der Waals surface area contributed by atoms with Gasteiger partial charge in [-0.15, -0.1) is 11.3 Å². The van der Waals surface area contributed by atoms with Gasteiger partial charge in [-0.2, -0.15) is 0 Å². The number of urea groups is 1. The molecule has 2 N–H and O–H groups in total. The number of hydrogen-bond donors (Lipinski definition) is 2. The molecule has 2 heterocycles. The molecule has 0 bridgehead atoms. The standard InChI is InChI=1S/C22H34N4O3S/c1-6-21(4,5)15-7-9-22(10-8-15)19(28)26(20(29)25-22)12-17(27)23-11-16-13-30-18(24-16)14(2)3/h13-15H,6-12H2,1-5H3,(H,23,27)(H,25,29). The summed E-state index contributed by atoms with van der Waals surface area (Å²) in [7, 11) is 0. The quantitative estimate of drug-likeness (QED) is 0.639. The number of aromatic nitrogens is 1. The topological polar surface area (TPSA) is 91.4 Å². The van der Waals surface area contributed by atoms with Crippen LogP contribution < -0.4 is 10.6 Å². The van der Waals surface area contributed by atoms with Gasteiger partial charge in [0.1, 0.15) is 12.1 Å². The molecule has 7 nitrogen and oxygen atoms in total. The molecule has 1 spiro atoms. The molecule has 0 aromatic carbocycles. The van der Waals surface area contributed by atoms with Gasteiger partial charge >= 0.3 is 6.03 Å². The minimum Gasteiger partial charge on any atom is -0.349 e. The second-order valence-corrected chi connectivity index (χ2v) is 10.5. The fourth-order valence-electron chi connectivity index (χ4n) is 4.40. The van der Waals surface area contributed by atoms with E-state index in [4.69, 9.17) is 0 Å². The first kappa shape index (κ1) is 22.7. The van der Waals surface area contributed by atoms with Crippen molar-refractivity contribution in [1.29, 1.82) is 0 Å². The monoisotopic (exact) mass is 434 g/mol. The third-order valence-electron chi connectivity index (χ3n) is 6.93. The minimum atomic E-state index is -0.835. The lowest BCUT2D eigenvalue weighted by Crippen LogP contribution is -2.51. The number of imide groups is 1. The van der Waals surface area contributed by atoms with E-state index >= 15 is 0 Å². The third kappa shape index (κ3) is 4.53. The van der Waals surface area contributed by atoms with Crippen molar-refractivity contribution in [3.05, 3.63) is 16.1 Å². The maximum Gasteiger partial charge on any atom is 0.325 e. The number of rotatable bonds is 7. The molecule has 1 aromatic rings. The van der Waals surface area contributed by atoms with E-state index < -0.39 is 11.6 Å². The number of carbonyl (C=O) groups excluding carboxylic acids is 3. The Hall–Kier alpha value is -1.96. The van der Waals surface area contributed by atoms with Gasteiger partial charge in [-0.3, -0.25) is 14.5 Å². The lowest BCUT2D eigenvalue weighted by atomic mass is 9.65. The first-order valence-electron chi connectivity index (χ1n) is 10.9. The van der Waals surface area contributed by atoms with Crippen molar-refractivity contribution in [3.8, 4) is 0 Å². The zero-order valence-electron chi connectivity index (χ0n) is 18.7. The highest BCUT2D eigenvalue weighted by atomic mass is 32.1. The van der Waals surface area contributed by atoms with Crippen LogP contribution in [0, 0.1) is 11.3 Å². The Morgan fingerprint density at radius 3 is 2.60 bits per heavy atom. The van der Waals surface area contributed by atoms with Crippen LogP contribution in [-0.2, 0) is 16.1 Å². The number of carbonyl (C=O) groups is 3. The molecule has 30 heavy (non-hydrogen) atoms. The van der Waals surface area contributed by atoms with E-state index in [9.17, 15) is 14.4 Å². The van der Waals surface area contributed by atoms with E-state index in [-0.39, 0.29) is 23.8 Å². The van der Waals surface area contributed by atoms with Gasteiger partial charge in [-0.1, -0.05) is 41.0 Å². The summed E-state index contributed by atoms with van der Waals surface area (Å²) in [5.41, 5.74) is 0.194. The molecule has 1 aliphatic carbocycles. The largest absolute Gasteiger partial charge is 0.349 e. The minimum absolute atomic E-state index is 0.234. The Bertz CT molecular complexity index is 809. The molecule has 0 atom stereocenters. The normalized spacial score (nSPS) is 24.6. The maximum atomic E-state index is 13.1. The van der Waals surface area contributed by atoms with Crippen LogP contribution in [0.3, 0.4) is 0 Å². The highest BCUT2D eigenvalue weighted by molar-refractivity contribution is 7.09. The van der Waals surface area contributed by atoms with Gasteiger partial charge in [-0.25, -0.2) is 9.78 Å². The van der Waals surface area contributed by atoms with Crippen molar-refractivity contribution in [1.82, 2.24) is 20.5 Å². The lowest BCUT2D eigenvalue weighted by Gasteiger charge is -2.42. The summed E-state index contributed by atoms with van der Waals surface area (Å²) < 4.78 is 0. The van der Waals surface area contributed by atoms with Gasteiger partial charge in [0.25, 0.3) is 5.91 Å². The van der Waals surface area contributed by atoms with Crippen LogP contribution in [0.25, 0.3) is 0 Å². The van der Waals surface area contributed by atoms with Crippen LogP contribution in [0.2, 0.25) is 0 Å². The van der Waals surface area contributed by atoms with Crippen molar-refractivity contribution < 1.29 is 14.4 Å². The molecule has 1 aromatic heterocycles. The van der Waals surface area contributed by atoms with E-state index in [1.807, 2.05) is 5.38 Å². The van der Waals surface area contributed by atoms with Crippen LogP contribution in [0.4, 0.5) is 4.79 Å². The van der Waals surface area contributed by atoms with Gasteiger partial charge in [0.05, 0.1) is 17.2 Å². The van der Waals surface area contributed by atoms with Crippen molar-refractivity contribution in [2.24, 2.45) is 11.3 Å². The Labute approximate surface area is 183 Å². The molecular formula is C22H34N4O3S. The Balaban J connectivity index is 1.55. The summed E-state index contributed by atoms with van der Waals surface area (Å²) in [4.78, 5) is 43.5. The molecule has 166 valence electrons. The first-order chi connectivity index (χ1) is 14.1. The van der Waals surface area contributed by atoms with Crippen molar-refractivity contribution in [3.63, 3.8) is 0 Å². The van der Waals surface area contributed by atoms with Gasteiger partial charge in [-0.05, 0) is 37.0 Å². The van der Waals surface area contributed by atoms with Crippen LogP contribution in [-0.4, -0.2) is 39.8 Å². The third-order valence-corrected chi connectivity index (χ3v) is 8.13. The van der Waals surface area contributed by atoms with Crippen LogP contribution in [0.5, 0.6) is 0 Å². The predicted molar refractivity (Wildman–Crippen MR) is 117 cm³/mol. The summed E-state index contributed by atoms with van der Waals surface area (Å²) >= 11 is 1.57. The average Bonchev–Trinajstić information content (AvgIpc) is 3.27. The smallest absolute Gasteiger partial charge is 0.325 e. The van der Waals surface area contributed by atoms with Crippen LogP contribution in [0.1, 0.15) is 83.3 Å². The maximum absolute atomic E-state index is 13.1. The predicted octanol–water partition coefficient (Wildman–Crippen LogP) is 3.80. The zero-order chi connectivity index (χ0) is 22.1. The lowest BCUT2D eigenvalue weighted by molar-refractivity contribution is -0.136. The second-order valence-electron chi connectivity index (χ2n) is 9.63. The molecule has 3 rings (SSSR count). The van der Waals surface area contributed by atoms with Crippen molar-refractivity contribution in [2.75, 3.05) is 6.54 Å². The van der Waals surface area contributed by atoms with Gasteiger partial charge < -0.3 is 10.6 Å². The van der Waals surface area contributed by atoms with Gasteiger partial charge in [0.2, 0.25) is 5.91 Å². The van der Waals surface area contributed by atoms with Gasteiger partial charge in [0.15, 0.2) is 0 Å². The first-order valence-corrected chi connectivity index (χ1v) is 11.8. The number of thiazole rings is 1. The van der Waals surface area contributed by atoms with Crippen LogP contribution >= 0.6 is 11.3 Å². The highest BCUT2D eigenvalue weighted by Gasteiger charge is 2.53. The molecule has 1 aliphatic heterocycles. The molecule has 4 amide bonds. The molecule has 2 fully saturated rings. The number of nitrogens with zero attached hydrogens (tertiary/aromatic N) is 2. The van der Waals surface area contributed by atoms with Crippen molar-refractivity contribution >= 4 is 29.2 Å². The molecular weight excluding hydrogens is 400 g/mol. The zero-order valence-corrected chi connectivity index (χ0v) is 19.5. The molecule has 1 saturated heterocycles. The highest BCUT2D eigenvalue weighted by Crippen LogP contribution is 2.45. The molecule has 0 unspecified atom stereocenters. The number of amides is 4. The Morgan fingerprint density at radius 2 is 2.03 bits per heavy atom. The van der Waals surface area contributed by atoms with E-state index in [1.165, 1.54) is 0 Å². The van der Waals surface area contributed by atoms with Crippen LogP contribution in [0.15, 0.2) is 5.38 Å². The van der Waals surface area contributed by atoms with E-state index in [0.29, 0.717) is 31.2 Å². The molecule has 1 saturated carbocycles. The fourth-order valence-corrected chi connectivity index (χ4v) is 5.23. The summed E-state index contributed by atoms with van der Waals surface area (Å²) in [5.74, 6) is 0.283. The summed E-state index contributed by atoms with van der Waals surface area (Å²) in [6.07, 6.45) is 4.19. The van der Waals surface area contributed by atoms with E-state index in [2.05, 4.69) is 50.2 Å². The SMILES string of the molecule is CCC(C)(C)C1CCC2(CC1)NC(=O)N(CC(=O)NCc1csc(C(C)C)n1)C2=O. The Morgan fingerprint density at radius 1 is 1.37 bits per heavy atom. The Kier molecular flexibility index (Phi) is 6.55. The summed E-state index contributed by atoms with van der Waals surface area (Å²) in [6.45, 7) is 10.9. The van der Waals surface area contributed by atoms with E-state index in [1.54, 1.807) is 11.3 Å². The summed E-state index contributed by atoms with van der Waals surface area (Å²) in [6, 6.07) is -0.459. The average molecular weight is 435 g/mol.